The number of hydrogen-bond acceptors (Lipinski definition) is 3. The number of rotatable bonds is 7. The van der Waals surface area contributed by atoms with E-state index in [2.05, 4.69) is 24.2 Å². The first-order chi connectivity index (χ1) is 9.04. The molecule has 1 fully saturated rings. The Balaban J connectivity index is 2.19. The van der Waals surface area contributed by atoms with Crippen molar-refractivity contribution in [2.24, 2.45) is 0 Å². The van der Waals surface area contributed by atoms with Crippen LogP contribution in [0, 0.1) is 0 Å². The minimum atomic E-state index is 0.307. The highest BCUT2D eigenvalue weighted by Gasteiger charge is 2.27. The van der Waals surface area contributed by atoms with Gasteiger partial charge in [-0.3, -0.25) is 4.79 Å². The third-order valence-corrected chi connectivity index (χ3v) is 4.54. The van der Waals surface area contributed by atoms with E-state index in [9.17, 15) is 4.79 Å². The first-order valence-corrected chi connectivity index (χ1v) is 7.73. The molecule has 1 amide bonds. The highest BCUT2D eigenvalue weighted by Crippen LogP contribution is 2.21. The number of nitrogens with zero attached hydrogens (tertiary/aromatic N) is 2. The molecule has 1 saturated heterocycles. The summed E-state index contributed by atoms with van der Waals surface area (Å²) in [6.45, 7) is 11.4. The lowest BCUT2D eigenvalue weighted by Gasteiger charge is -2.39. The molecule has 1 N–H and O–H groups in total. The number of carbonyl (C=O) groups excluding carboxylic acids is 1. The van der Waals surface area contributed by atoms with Crippen LogP contribution in [0.15, 0.2) is 0 Å². The Morgan fingerprint density at radius 2 is 1.84 bits per heavy atom. The summed E-state index contributed by atoms with van der Waals surface area (Å²) in [5.41, 5.74) is 0.313. The first kappa shape index (κ1) is 16.4. The van der Waals surface area contributed by atoms with Gasteiger partial charge in [0, 0.05) is 25.0 Å². The molecule has 1 aliphatic rings. The third-order valence-electron chi connectivity index (χ3n) is 4.54. The molecule has 4 heteroatoms. The van der Waals surface area contributed by atoms with Gasteiger partial charge in [0.05, 0.1) is 0 Å². The molecule has 0 radical (unpaired) electrons. The monoisotopic (exact) mass is 269 g/mol. The van der Waals surface area contributed by atoms with Crippen LogP contribution in [0.4, 0.5) is 0 Å². The zero-order valence-electron chi connectivity index (χ0n) is 13.2. The second-order valence-corrected chi connectivity index (χ2v) is 5.82. The Morgan fingerprint density at radius 1 is 1.26 bits per heavy atom. The van der Waals surface area contributed by atoms with Crippen LogP contribution in [-0.2, 0) is 4.79 Å². The van der Waals surface area contributed by atoms with Gasteiger partial charge in [0.1, 0.15) is 0 Å². The van der Waals surface area contributed by atoms with Crippen LogP contribution in [0.5, 0.6) is 0 Å². The molecule has 0 unspecified atom stereocenters. The Bertz CT molecular complexity index is 269. The number of likely N-dealkylation sites (tertiary alicyclic amines) is 1. The van der Waals surface area contributed by atoms with Crippen LogP contribution >= 0.6 is 0 Å². The maximum atomic E-state index is 11.9. The van der Waals surface area contributed by atoms with Gasteiger partial charge in [-0.05, 0) is 66.7 Å². The summed E-state index contributed by atoms with van der Waals surface area (Å²) in [4.78, 5) is 16.3. The normalized spacial score (nSPS) is 19.4. The molecule has 112 valence electrons. The molecular formula is C15H31N3O. The topological polar surface area (TPSA) is 35.6 Å². The molecule has 0 aromatic carbocycles. The smallest absolute Gasteiger partial charge is 0.222 e. The fourth-order valence-electron chi connectivity index (χ4n) is 2.71. The largest absolute Gasteiger partial charge is 0.343 e. The van der Waals surface area contributed by atoms with Gasteiger partial charge in [0.15, 0.2) is 0 Å². The molecular weight excluding hydrogens is 238 g/mol. The van der Waals surface area contributed by atoms with Crippen LogP contribution in [0.3, 0.4) is 0 Å². The molecule has 0 bridgehead atoms. The maximum Gasteiger partial charge on any atom is 0.222 e. The van der Waals surface area contributed by atoms with E-state index in [4.69, 9.17) is 0 Å². The standard InChI is InChI=1S/C15H31N3O/c1-5-18(6-2)14(19)8-7-11-17-12-9-15(3,16-4)10-13-17/h16H,5-13H2,1-4H3. The zero-order valence-corrected chi connectivity index (χ0v) is 13.2. The van der Waals surface area contributed by atoms with E-state index < -0.39 is 0 Å². The molecule has 0 saturated carbocycles. The van der Waals surface area contributed by atoms with E-state index in [1.54, 1.807) is 0 Å². The van der Waals surface area contributed by atoms with E-state index in [-0.39, 0.29) is 0 Å². The highest BCUT2D eigenvalue weighted by molar-refractivity contribution is 5.76. The minimum absolute atomic E-state index is 0.307. The Morgan fingerprint density at radius 3 is 2.32 bits per heavy atom. The number of nitrogens with one attached hydrogen (secondary N) is 1. The van der Waals surface area contributed by atoms with Crippen molar-refractivity contribution >= 4 is 5.91 Å². The molecule has 19 heavy (non-hydrogen) atoms. The van der Waals surface area contributed by atoms with Gasteiger partial charge >= 0.3 is 0 Å². The second-order valence-electron chi connectivity index (χ2n) is 5.82. The van der Waals surface area contributed by atoms with Crippen LogP contribution in [0.1, 0.15) is 46.5 Å². The van der Waals surface area contributed by atoms with E-state index in [0.29, 0.717) is 17.9 Å². The van der Waals surface area contributed by atoms with Crippen LogP contribution in [0.2, 0.25) is 0 Å². The zero-order chi connectivity index (χ0) is 14.3. The summed E-state index contributed by atoms with van der Waals surface area (Å²) in [7, 11) is 2.05. The van der Waals surface area contributed by atoms with Crippen molar-refractivity contribution in [1.82, 2.24) is 15.1 Å². The van der Waals surface area contributed by atoms with Crippen molar-refractivity contribution < 1.29 is 4.79 Å². The average molecular weight is 269 g/mol. The van der Waals surface area contributed by atoms with Crippen LogP contribution in [-0.4, -0.2) is 61.0 Å². The highest BCUT2D eigenvalue weighted by atomic mass is 16.2. The Labute approximate surface area is 118 Å². The van der Waals surface area contributed by atoms with E-state index >= 15 is 0 Å². The predicted molar refractivity (Wildman–Crippen MR) is 80.3 cm³/mol. The van der Waals surface area contributed by atoms with Gasteiger partial charge in [-0.25, -0.2) is 0 Å². The van der Waals surface area contributed by atoms with Gasteiger partial charge < -0.3 is 15.1 Å². The summed E-state index contributed by atoms with van der Waals surface area (Å²) in [5, 5.41) is 3.42. The number of amides is 1. The predicted octanol–water partition coefficient (Wildman–Crippen LogP) is 1.71. The van der Waals surface area contributed by atoms with Gasteiger partial charge in [-0.15, -0.1) is 0 Å². The maximum absolute atomic E-state index is 11.9. The van der Waals surface area contributed by atoms with Crippen LogP contribution < -0.4 is 5.32 Å². The second kappa shape index (κ2) is 7.85. The fraction of sp³-hybridized carbons (Fsp3) is 0.933. The lowest BCUT2D eigenvalue weighted by Crippen LogP contribution is -2.50. The molecule has 0 aliphatic carbocycles. The van der Waals surface area contributed by atoms with E-state index in [1.807, 2.05) is 18.7 Å². The Hall–Kier alpha value is -0.610. The van der Waals surface area contributed by atoms with Gasteiger partial charge in [0.2, 0.25) is 5.91 Å². The molecule has 0 atom stereocenters. The van der Waals surface area contributed by atoms with Crippen molar-refractivity contribution in [2.45, 2.75) is 52.0 Å². The van der Waals surface area contributed by atoms with E-state index in [1.165, 1.54) is 12.8 Å². The molecule has 1 rings (SSSR count). The molecule has 0 aromatic rings. The Kier molecular flexibility index (Phi) is 6.80. The van der Waals surface area contributed by atoms with Crippen LogP contribution in [0.25, 0.3) is 0 Å². The van der Waals surface area contributed by atoms with Gasteiger partial charge in [-0.2, -0.15) is 0 Å². The van der Waals surface area contributed by atoms with Gasteiger partial charge in [0.25, 0.3) is 0 Å². The average Bonchev–Trinajstić information content (AvgIpc) is 2.42. The SMILES string of the molecule is CCN(CC)C(=O)CCCN1CCC(C)(NC)CC1. The molecule has 4 nitrogen and oxygen atoms in total. The fourth-order valence-corrected chi connectivity index (χ4v) is 2.71. The van der Waals surface area contributed by atoms with Crippen molar-refractivity contribution in [3.63, 3.8) is 0 Å². The molecule has 1 aliphatic heterocycles. The lowest BCUT2D eigenvalue weighted by molar-refractivity contribution is -0.131. The summed E-state index contributed by atoms with van der Waals surface area (Å²) in [5.74, 6) is 0.307. The van der Waals surface area contributed by atoms with Gasteiger partial charge in [-0.1, -0.05) is 0 Å². The first-order valence-electron chi connectivity index (χ1n) is 7.73. The summed E-state index contributed by atoms with van der Waals surface area (Å²) in [6.07, 6.45) is 4.09. The summed E-state index contributed by atoms with van der Waals surface area (Å²) >= 11 is 0. The van der Waals surface area contributed by atoms with Crippen molar-refractivity contribution in [3.05, 3.63) is 0 Å². The summed E-state index contributed by atoms with van der Waals surface area (Å²) in [6, 6.07) is 0. The van der Waals surface area contributed by atoms with Crippen molar-refractivity contribution in [3.8, 4) is 0 Å². The molecule has 0 spiro atoms. The molecule has 1 heterocycles. The molecule has 0 aromatic heterocycles. The number of carbonyl (C=O) groups is 1. The lowest BCUT2D eigenvalue weighted by atomic mass is 9.90. The quantitative estimate of drug-likeness (QED) is 0.764. The number of piperidine rings is 1. The van der Waals surface area contributed by atoms with Crippen molar-refractivity contribution in [2.75, 3.05) is 39.8 Å². The minimum Gasteiger partial charge on any atom is -0.343 e. The van der Waals surface area contributed by atoms with Crippen molar-refractivity contribution in [1.29, 1.82) is 0 Å². The third kappa shape index (κ3) is 5.11. The number of hydrogen-bond donors (Lipinski definition) is 1. The summed E-state index contributed by atoms with van der Waals surface area (Å²) < 4.78 is 0. The van der Waals surface area contributed by atoms with E-state index in [0.717, 1.165) is 39.1 Å².